The van der Waals surface area contributed by atoms with Gasteiger partial charge in [0.25, 0.3) is 5.91 Å². The summed E-state index contributed by atoms with van der Waals surface area (Å²) in [6, 6.07) is 9.38. The molecule has 1 aromatic carbocycles. The highest BCUT2D eigenvalue weighted by Crippen LogP contribution is 2.32. The van der Waals surface area contributed by atoms with Crippen molar-refractivity contribution in [1.82, 2.24) is 25.1 Å². The average Bonchev–Trinajstić information content (AvgIpc) is 3.59. The van der Waals surface area contributed by atoms with Crippen molar-refractivity contribution in [1.29, 1.82) is 0 Å². The van der Waals surface area contributed by atoms with Gasteiger partial charge in [0.05, 0.1) is 17.7 Å². The van der Waals surface area contributed by atoms with Crippen molar-refractivity contribution < 1.29 is 9.21 Å². The minimum Gasteiger partial charge on any atom is -0.461 e. The van der Waals surface area contributed by atoms with Gasteiger partial charge in [0, 0.05) is 16.9 Å². The zero-order chi connectivity index (χ0) is 23.9. The zero-order valence-electron chi connectivity index (χ0n) is 19.1. The Morgan fingerprint density at radius 2 is 2.12 bits per heavy atom. The van der Waals surface area contributed by atoms with Crippen LogP contribution < -0.4 is 5.32 Å². The molecule has 3 heterocycles. The molecule has 0 unspecified atom stereocenters. The van der Waals surface area contributed by atoms with Crippen LogP contribution in [0.2, 0.25) is 5.02 Å². The fraction of sp³-hybridized carbons (Fsp3) is 0.333. The minimum absolute atomic E-state index is 0.123. The Labute approximate surface area is 212 Å². The molecule has 0 radical (unpaired) electrons. The molecule has 0 aliphatic carbocycles. The van der Waals surface area contributed by atoms with Gasteiger partial charge in [0.2, 0.25) is 5.82 Å². The first kappa shape index (κ1) is 24.5. The van der Waals surface area contributed by atoms with E-state index in [0.717, 1.165) is 29.1 Å². The van der Waals surface area contributed by atoms with Gasteiger partial charge in [0.1, 0.15) is 10.7 Å². The van der Waals surface area contributed by atoms with Crippen LogP contribution in [0.15, 0.2) is 51.5 Å². The molecule has 178 valence electrons. The number of carbonyl (C=O) groups excluding carboxylic acids is 1. The molecule has 1 N–H and O–H groups in total. The van der Waals surface area contributed by atoms with Crippen LogP contribution in [0.4, 0.5) is 0 Å². The second-order valence-corrected chi connectivity index (χ2v) is 10.1. The fourth-order valence-corrected chi connectivity index (χ4v) is 5.32. The molecule has 0 spiro atoms. The summed E-state index contributed by atoms with van der Waals surface area (Å²) in [5.74, 6) is 1.65. The van der Waals surface area contributed by atoms with Gasteiger partial charge in [0.15, 0.2) is 10.9 Å². The molecule has 0 saturated heterocycles. The van der Waals surface area contributed by atoms with E-state index < -0.39 is 0 Å². The normalized spacial score (nSPS) is 11.1. The summed E-state index contributed by atoms with van der Waals surface area (Å²) >= 11 is 9.27. The highest BCUT2D eigenvalue weighted by atomic mass is 35.5. The van der Waals surface area contributed by atoms with Gasteiger partial charge < -0.3 is 9.73 Å². The average molecular weight is 516 g/mol. The number of hydrogen-bond acceptors (Lipinski definition) is 7. The van der Waals surface area contributed by atoms with E-state index in [9.17, 15) is 4.79 Å². The highest BCUT2D eigenvalue weighted by Gasteiger charge is 2.20. The van der Waals surface area contributed by atoms with E-state index in [4.69, 9.17) is 16.0 Å². The van der Waals surface area contributed by atoms with E-state index >= 15 is 0 Å². The summed E-state index contributed by atoms with van der Waals surface area (Å²) in [5, 5.41) is 15.7. The van der Waals surface area contributed by atoms with Crippen LogP contribution in [0.1, 0.15) is 53.7 Å². The molecule has 0 saturated carbocycles. The highest BCUT2D eigenvalue weighted by molar-refractivity contribution is 7.98. The number of benzene rings is 1. The third-order valence-electron chi connectivity index (χ3n) is 5.21. The van der Waals surface area contributed by atoms with Crippen LogP contribution in [0.3, 0.4) is 0 Å². The number of rotatable bonds is 11. The summed E-state index contributed by atoms with van der Waals surface area (Å²) < 4.78 is 7.54. The summed E-state index contributed by atoms with van der Waals surface area (Å²) in [6.45, 7) is 4.86. The third-order valence-corrected chi connectivity index (χ3v) is 7.42. The maximum Gasteiger partial charge on any atom is 0.270 e. The van der Waals surface area contributed by atoms with Crippen LogP contribution in [0, 0.1) is 6.92 Å². The van der Waals surface area contributed by atoms with Crippen LogP contribution in [0.5, 0.6) is 0 Å². The van der Waals surface area contributed by atoms with Crippen molar-refractivity contribution in [3.63, 3.8) is 0 Å². The van der Waals surface area contributed by atoms with Gasteiger partial charge in [-0.2, -0.15) is 0 Å². The number of carbonyl (C=O) groups is 1. The first-order valence-corrected chi connectivity index (χ1v) is 13.4. The van der Waals surface area contributed by atoms with Crippen molar-refractivity contribution in [3.8, 4) is 17.3 Å². The molecular formula is C24H26ClN5O2S2. The second kappa shape index (κ2) is 11.7. The number of unbranched alkanes of at least 4 members (excludes halogenated alkanes) is 3. The minimum atomic E-state index is -0.123. The molecule has 10 heteroatoms. The Balaban J connectivity index is 1.49. The Morgan fingerprint density at radius 1 is 1.24 bits per heavy atom. The van der Waals surface area contributed by atoms with Gasteiger partial charge in [-0.1, -0.05) is 55.6 Å². The number of nitrogens with one attached hydrogen (secondary N) is 1. The second-order valence-electron chi connectivity index (χ2n) is 7.78. The summed E-state index contributed by atoms with van der Waals surface area (Å²) in [7, 11) is 0. The molecule has 34 heavy (non-hydrogen) atoms. The Bertz CT molecular complexity index is 1240. The summed E-state index contributed by atoms with van der Waals surface area (Å²) in [5.41, 5.74) is 2.37. The molecule has 7 nitrogen and oxygen atoms in total. The molecule has 4 rings (SSSR count). The largest absolute Gasteiger partial charge is 0.461 e. The van der Waals surface area contributed by atoms with Crippen molar-refractivity contribution in [2.75, 3.05) is 6.54 Å². The number of aromatic nitrogens is 4. The van der Waals surface area contributed by atoms with E-state index in [1.807, 2.05) is 41.8 Å². The van der Waals surface area contributed by atoms with Gasteiger partial charge >= 0.3 is 0 Å². The lowest BCUT2D eigenvalue weighted by Gasteiger charge is -2.12. The monoisotopic (exact) mass is 515 g/mol. The van der Waals surface area contributed by atoms with Crippen molar-refractivity contribution in [2.45, 2.75) is 50.4 Å². The number of hydrogen-bond donors (Lipinski definition) is 1. The molecule has 0 aliphatic heterocycles. The molecule has 3 aromatic heterocycles. The zero-order valence-corrected chi connectivity index (χ0v) is 21.5. The molecule has 0 atom stereocenters. The van der Waals surface area contributed by atoms with Crippen molar-refractivity contribution >= 4 is 40.6 Å². The van der Waals surface area contributed by atoms with E-state index in [2.05, 4.69) is 27.4 Å². The van der Waals surface area contributed by atoms with E-state index in [1.54, 1.807) is 11.6 Å². The standard InChI is InChI=1S/C24H26ClN5O2S2/c1-3-4-5-6-11-26-23(31)18-14-33-21(27-18)15-34-24-29-28-22(20-8-7-12-32-20)30(24)19-13-17(25)10-9-16(19)2/h7-10,12-14H,3-6,11,15H2,1-2H3,(H,26,31). The molecule has 0 bridgehead atoms. The lowest BCUT2D eigenvalue weighted by Crippen LogP contribution is -2.24. The predicted octanol–water partition coefficient (Wildman–Crippen LogP) is 6.55. The summed E-state index contributed by atoms with van der Waals surface area (Å²) in [4.78, 5) is 16.9. The Morgan fingerprint density at radius 3 is 2.91 bits per heavy atom. The number of aryl methyl sites for hydroxylation is 1. The van der Waals surface area contributed by atoms with Gasteiger partial charge in [-0.3, -0.25) is 9.36 Å². The quantitative estimate of drug-likeness (QED) is 0.180. The van der Waals surface area contributed by atoms with Crippen LogP contribution in [0.25, 0.3) is 17.3 Å². The third kappa shape index (κ3) is 5.89. The summed E-state index contributed by atoms with van der Waals surface area (Å²) in [6.07, 6.45) is 6.09. The maximum absolute atomic E-state index is 12.4. The van der Waals surface area contributed by atoms with Gasteiger partial charge in [-0.15, -0.1) is 21.5 Å². The molecule has 1 amide bonds. The lowest BCUT2D eigenvalue weighted by molar-refractivity contribution is 0.0948. The number of furan rings is 1. The first-order valence-electron chi connectivity index (χ1n) is 11.2. The van der Waals surface area contributed by atoms with E-state index in [-0.39, 0.29) is 5.91 Å². The first-order chi connectivity index (χ1) is 16.6. The molecule has 4 aromatic rings. The SMILES string of the molecule is CCCCCCNC(=O)c1csc(CSc2nnc(-c3ccco3)n2-c2cc(Cl)ccc2C)n1. The molecule has 0 aliphatic rings. The number of halogens is 1. The van der Waals surface area contributed by atoms with Crippen molar-refractivity contribution in [3.05, 3.63) is 63.3 Å². The van der Waals surface area contributed by atoms with E-state index in [1.165, 1.54) is 35.9 Å². The van der Waals surface area contributed by atoms with E-state index in [0.29, 0.717) is 39.8 Å². The molecular weight excluding hydrogens is 490 g/mol. The molecule has 0 fully saturated rings. The number of thiazole rings is 1. The fourth-order valence-electron chi connectivity index (χ4n) is 3.42. The predicted molar refractivity (Wildman–Crippen MR) is 137 cm³/mol. The van der Waals surface area contributed by atoms with Gasteiger partial charge in [-0.05, 0) is 43.2 Å². The lowest BCUT2D eigenvalue weighted by atomic mass is 10.2. The van der Waals surface area contributed by atoms with Gasteiger partial charge in [-0.25, -0.2) is 4.98 Å². The van der Waals surface area contributed by atoms with Crippen molar-refractivity contribution in [2.24, 2.45) is 0 Å². The van der Waals surface area contributed by atoms with Crippen LogP contribution in [-0.4, -0.2) is 32.2 Å². The Hall–Kier alpha value is -2.62. The number of thioether (sulfide) groups is 1. The van der Waals surface area contributed by atoms with Crippen LogP contribution in [-0.2, 0) is 5.75 Å². The number of nitrogens with zero attached hydrogens (tertiary/aromatic N) is 4. The number of amides is 1. The Kier molecular flexibility index (Phi) is 8.42. The topological polar surface area (TPSA) is 85.8 Å². The van der Waals surface area contributed by atoms with Crippen LogP contribution >= 0.6 is 34.7 Å². The smallest absolute Gasteiger partial charge is 0.270 e. The maximum atomic E-state index is 12.4.